The molecule has 1 saturated heterocycles. The number of benzene rings is 1. The monoisotopic (exact) mass is 366 g/mol. The molecule has 1 N–H and O–H groups in total. The summed E-state index contributed by atoms with van der Waals surface area (Å²) < 4.78 is 5.55. The van der Waals surface area contributed by atoms with Crippen molar-refractivity contribution in [2.45, 2.75) is 25.3 Å². The molecule has 0 saturated carbocycles. The second-order valence-electron chi connectivity index (χ2n) is 5.12. The molecule has 1 aromatic rings. The van der Waals surface area contributed by atoms with Gasteiger partial charge in [-0.1, -0.05) is 23.2 Å². The maximum atomic E-state index is 12.1. The van der Waals surface area contributed by atoms with Crippen molar-refractivity contribution in [3.63, 3.8) is 0 Å². The first-order valence-electron chi connectivity index (χ1n) is 7.13. The fourth-order valence-corrected chi connectivity index (χ4v) is 2.88. The number of nitrogens with one attached hydrogen (secondary N) is 1. The van der Waals surface area contributed by atoms with Crippen molar-refractivity contribution >= 4 is 41.5 Å². The van der Waals surface area contributed by atoms with Crippen LogP contribution in [0, 0.1) is 0 Å². The van der Waals surface area contributed by atoms with Crippen LogP contribution in [-0.2, 0) is 4.79 Å². The first-order valence-corrected chi connectivity index (χ1v) is 7.88. The Labute approximate surface area is 147 Å². The smallest absolute Gasteiger partial charge is 0.225 e. The van der Waals surface area contributed by atoms with Crippen LogP contribution in [0.25, 0.3) is 0 Å². The van der Waals surface area contributed by atoms with Crippen molar-refractivity contribution in [2.75, 3.05) is 26.7 Å². The maximum absolute atomic E-state index is 12.1. The molecule has 0 bridgehead atoms. The fraction of sp³-hybridized carbons (Fsp3) is 0.533. The Balaban J connectivity index is 0.00000242. The van der Waals surface area contributed by atoms with E-state index in [1.807, 2.05) is 11.9 Å². The molecule has 124 valence electrons. The van der Waals surface area contributed by atoms with Gasteiger partial charge >= 0.3 is 0 Å². The molecule has 0 radical (unpaired) electrons. The Morgan fingerprint density at radius 1 is 1.36 bits per heavy atom. The summed E-state index contributed by atoms with van der Waals surface area (Å²) in [6.07, 6.45) is 2.38. The van der Waals surface area contributed by atoms with Crippen LogP contribution in [0.1, 0.15) is 19.3 Å². The molecule has 1 aromatic carbocycles. The third-order valence-electron chi connectivity index (χ3n) is 3.72. The van der Waals surface area contributed by atoms with Gasteiger partial charge in [-0.3, -0.25) is 4.79 Å². The standard InChI is InChI=1S/C15H20Cl2N2O2.ClH/c1-18-12-4-7-19(8-5-12)15(20)6-9-21-14-3-2-11(16)10-13(14)17;/h2-3,10,12,18H,4-9H2,1H3;1H. The predicted molar refractivity (Wildman–Crippen MR) is 92.5 cm³/mol. The third kappa shape index (κ3) is 5.51. The second-order valence-corrected chi connectivity index (χ2v) is 5.96. The minimum absolute atomic E-state index is 0. The van der Waals surface area contributed by atoms with E-state index < -0.39 is 0 Å². The maximum Gasteiger partial charge on any atom is 0.225 e. The van der Waals surface area contributed by atoms with E-state index in [0.717, 1.165) is 25.9 Å². The van der Waals surface area contributed by atoms with Crippen LogP contribution in [0.5, 0.6) is 5.75 Å². The molecule has 7 heteroatoms. The number of carbonyl (C=O) groups excluding carboxylic acids is 1. The number of carbonyl (C=O) groups is 1. The van der Waals surface area contributed by atoms with E-state index >= 15 is 0 Å². The number of hydrogen-bond donors (Lipinski definition) is 1. The summed E-state index contributed by atoms with van der Waals surface area (Å²) >= 11 is 11.8. The Kier molecular flexibility index (Phi) is 8.33. The summed E-state index contributed by atoms with van der Waals surface area (Å²) in [4.78, 5) is 14.0. The average Bonchev–Trinajstić information content (AvgIpc) is 2.49. The molecule has 0 aromatic heterocycles. The summed E-state index contributed by atoms with van der Waals surface area (Å²) in [5, 5.41) is 4.28. The van der Waals surface area contributed by atoms with Crippen LogP contribution in [0.2, 0.25) is 10.0 Å². The molecule has 1 fully saturated rings. The van der Waals surface area contributed by atoms with Gasteiger partial charge in [0.1, 0.15) is 5.75 Å². The minimum Gasteiger partial charge on any atom is -0.491 e. The molecule has 1 aliphatic rings. The van der Waals surface area contributed by atoms with E-state index in [1.165, 1.54) is 0 Å². The third-order valence-corrected chi connectivity index (χ3v) is 4.25. The lowest BCUT2D eigenvalue weighted by Gasteiger charge is -2.31. The largest absolute Gasteiger partial charge is 0.491 e. The highest BCUT2D eigenvalue weighted by Gasteiger charge is 2.21. The highest BCUT2D eigenvalue weighted by molar-refractivity contribution is 6.35. The normalized spacial score (nSPS) is 15.3. The van der Waals surface area contributed by atoms with E-state index in [9.17, 15) is 4.79 Å². The van der Waals surface area contributed by atoms with Crippen molar-refractivity contribution < 1.29 is 9.53 Å². The molecular formula is C15H21Cl3N2O2. The molecule has 4 nitrogen and oxygen atoms in total. The van der Waals surface area contributed by atoms with Crippen LogP contribution in [-0.4, -0.2) is 43.6 Å². The van der Waals surface area contributed by atoms with Crippen LogP contribution in [0.3, 0.4) is 0 Å². The summed E-state index contributed by atoms with van der Waals surface area (Å²) in [7, 11) is 1.96. The molecular weight excluding hydrogens is 347 g/mol. The Morgan fingerprint density at radius 2 is 2.05 bits per heavy atom. The van der Waals surface area contributed by atoms with Gasteiger partial charge in [0, 0.05) is 24.2 Å². The number of amides is 1. The topological polar surface area (TPSA) is 41.6 Å². The zero-order valence-corrected chi connectivity index (χ0v) is 14.8. The van der Waals surface area contributed by atoms with Gasteiger partial charge in [-0.25, -0.2) is 0 Å². The van der Waals surface area contributed by atoms with E-state index in [-0.39, 0.29) is 18.3 Å². The Morgan fingerprint density at radius 3 is 2.64 bits per heavy atom. The van der Waals surface area contributed by atoms with Gasteiger partial charge in [0.25, 0.3) is 0 Å². The number of rotatable bonds is 5. The minimum atomic E-state index is 0. The van der Waals surface area contributed by atoms with E-state index in [0.29, 0.717) is 34.9 Å². The van der Waals surface area contributed by atoms with E-state index in [4.69, 9.17) is 27.9 Å². The SMILES string of the molecule is CNC1CCN(C(=O)CCOc2ccc(Cl)cc2Cl)CC1.Cl. The predicted octanol–water partition coefficient (Wildman–Crippen LogP) is 3.39. The molecule has 1 aliphatic heterocycles. The molecule has 1 heterocycles. The number of piperidine rings is 1. The quantitative estimate of drug-likeness (QED) is 0.867. The van der Waals surface area contributed by atoms with Gasteiger partial charge in [0.2, 0.25) is 5.91 Å². The highest BCUT2D eigenvalue weighted by atomic mass is 35.5. The lowest BCUT2D eigenvalue weighted by Crippen LogP contribution is -2.44. The van der Waals surface area contributed by atoms with E-state index in [1.54, 1.807) is 18.2 Å². The van der Waals surface area contributed by atoms with Gasteiger partial charge in [0.15, 0.2) is 0 Å². The highest BCUT2D eigenvalue weighted by Crippen LogP contribution is 2.27. The van der Waals surface area contributed by atoms with Crippen LogP contribution in [0.15, 0.2) is 18.2 Å². The van der Waals surface area contributed by atoms with Crippen LogP contribution in [0.4, 0.5) is 0 Å². The molecule has 0 aliphatic carbocycles. The van der Waals surface area contributed by atoms with Gasteiger partial charge in [-0.15, -0.1) is 12.4 Å². The summed E-state index contributed by atoms with van der Waals surface area (Å²) in [5.74, 6) is 0.692. The Bertz CT molecular complexity index is 492. The van der Waals surface area contributed by atoms with Crippen molar-refractivity contribution in [1.29, 1.82) is 0 Å². The van der Waals surface area contributed by atoms with Gasteiger partial charge in [-0.2, -0.15) is 0 Å². The first kappa shape index (κ1) is 19.4. The number of nitrogens with zero attached hydrogens (tertiary/aromatic N) is 1. The van der Waals surface area contributed by atoms with Gasteiger partial charge in [-0.05, 0) is 38.1 Å². The number of hydrogen-bond acceptors (Lipinski definition) is 3. The van der Waals surface area contributed by atoms with Gasteiger partial charge < -0.3 is 15.0 Å². The molecule has 0 unspecified atom stereocenters. The number of likely N-dealkylation sites (tertiary alicyclic amines) is 1. The first-order chi connectivity index (χ1) is 10.1. The van der Waals surface area contributed by atoms with Crippen molar-refractivity contribution in [1.82, 2.24) is 10.2 Å². The molecule has 1 amide bonds. The number of ether oxygens (including phenoxy) is 1. The average molecular weight is 368 g/mol. The molecule has 22 heavy (non-hydrogen) atoms. The van der Waals surface area contributed by atoms with Crippen LogP contribution >= 0.6 is 35.6 Å². The zero-order chi connectivity index (χ0) is 15.2. The van der Waals surface area contributed by atoms with Gasteiger partial charge in [0.05, 0.1) is 18.1 Å². The molecule has 2 rings (SSSR count). The Hall–Kier alpha value is -0.680. The molecule has 0 spiro atoms. The fourth-order valence-electron chi connectivity index (χ4n) is 2.42. The van der Waals surface area contributed by atoms with Crippen molar-refractivity contribution in [3.8, 4) is 5.75 Å². The summed E-state index contributed by atoms with van der Waals surface area (Å²) in [6, 6.07) is 5.59. The number of halogens is 3. The second kappa shape index (κ2) is 9.46. The molecule has 0 atom stereocenters. The lowest BCUT2D eigenvalue weighted by molar-refractivity contribution is -0.132. The van der Waals surface area contributed by atoms with E-state index in [2.05, 4.69) is 5.32 Å². The lowest BCUT2D eigenvalue weighted by atomic mass is 10.1. The van der Waals surface area contributed by atoms with Crippen molar-refractivity contribution in [2.24, 2.45) is 0 Å². The zero-order valence-electron chi connectivity index (χ0n) is 12.5. The summed E-state index contributed by atoms with van der Waals surface area (Å²) in [5.41, 5.74) is 0. The van der Waals surface area contributed by atoms with Crippen molar-refractivity contribution in [3.05, 3.63) is 28.2 Å². The van der Waals surface area contributed by atoms with Crippen LogP contribution < -0.4 is 10.1 Å². The summed E-state index contributed by atoms with van der Waals surface area (Å²) in [6.45, 7) is 1.95.